The molecule has 0 bridgehead atoms. The summed E-state index contributed by atoms with van der Waals surface area (Å²) in [5, 5.41) is 0. The molecule has 0 aliphatic carbocycles. The molecule has 4 nitrogen and oxygen atoms in total. The molecule has 24 heavy (non-hydrogen) atoms. The lowest BCUT2D eigenvalue weighted by molar-refractivity contribution is 0.0773. The van der Waals surface area contributed by atoms with E-state index in [2.05, 4.69) is 9.97 Å². The molecule has 5 heteroatoms. The fraction of sp³-hybridized carbons (Fsp3) is 0.158. The molecule has 2 aromatic carbocycles. The van der Waals surface area contributed by atoms with Crippen molar-refractivity contribution in [2.45, 2.75) is 6.42 Å². The molecular weight excluding hydrogens is 305 g/mol. The molecule has 4 rings (SSSR count). The molecule has 3 aromatic rings. The quantitative estimate of drug-likeness (QED) is 0.783. The molecular formula is C19H16FN3O. The number of rotatable bonds is 2. The van der Waals surface area contributed by atoms with Gasteiger partial charge in [0.05, 0.1) is 17.4 Å². The van der Waals surface area contributed by atoms with Crippen molar-refractivity contribution in [3.8, 4) is 0 Å². The fourth-order valence-corrected chi connectivity index (χ4v) is 3.03. The van der Waals surface area contributed by atoms with Gasteiger partial charge >= 0.3 is 0 Å². The second-order valence-corrected chi connectivity index (χ2v) is 5.87. The van der Waals surface area contributed by atoms with Crippen LogP contribution >= 0.6 is 0 Å². The standard InChI is InChI=1S/C19H16FN3O/c20-16-4-1-13(2-5-16)14-7-9-23(10-8-14)19(24)15-3-6-17-18(11-15)22-12-21-17/h1-7,11-12H,8-10H2,(H,21,22). The number of aromatic nitrogens is 2. The Hall–Kier alpha value is -2.95. The van der Waals surface area contributed by atoms with Crippen molar-refractivity contribution >= 4 is 22.5 Å². The van der Waals surface area contributed by atoms with Crippen LogP contribution < -0.4 is 0 Å². The van der Waals surface area contributed by atoms with Crippen LogP contribution in [0, 0.1) is 5.82 Å². The molecule has 1 aliphatic rings. The smallest absolute Gasteiger partial charge is 0.254 e. The van der Waals surface area contributed by atoms with Gasteiger partial charge < -0.3 is 9.88 Å². The zero-order valence-electron chi connectivity index (χ0n) is 13.0. The summed E-state index contributed by atoms with van der Waals surface area (Å²) in [5.41, 5.74) is 4.54. The number of halogens is 1. The van der Waals surface area contributed by atoms with Crippen molar-refractivity contribution < 1.29 is 9.18 Å². The van der Waals surface area contributed by atoms with E-state index in [-0.39, 0.29) is 11.7 Å². The number of fused-ring (bicyclic) bond motifs is 1. The Bertz CT molecular complexity index is 927. The lowest BCUT2D eigenvalue weighted by Gasteiger charge is -2.26. The van der Waals surface area contributed by atoms with Crippen LogP contribution in [-0.4, -0.2) is 33.9 Å². The van der Waals surface area contributed by atoms with Crippen molar-refractivity contribution in [1.82, 2.24) is 14.9 Å². The second kappa shape index (κ2) is 5.92. The lowest BCUT2D eigenvalue weighted by Crippen LogP contribution is -2.34. The highest BCUT2D eigenvalue weighted by molar-refractivity contribution is 5.97. The molecule has 120 valence electrons. The minimum absolute atomic E-state index is 0.0147. The van der Waals surface area contributed by atoms with Gasteiger partial charge in [-0.3, -0.25) is 4.79 Å². The van der Waals surface area contributed by atoms with Crippen molar-refractivity contribution in [2.75, 3.05) is 13.1 Å². The molecule has 0 saturated heterocycles. The highest BCUT2D eigenvalue weighted by atomic mass is 19.1. The Kier molecular flexibility index (Phi) is 3.61. The first-order valence-corrected chi connectivity index (χ1v) is 7.88. The van der Waals surface area contributed by atoms with E-state index in [1.807, 2.05) is 29.2 Å². The van der Waals surface area contributed by atoms with Crippen molar-refractivity contribution in [2.24, 2.45) is 0 Å². The first kappa shape index (κ1) is 14.6. The zero-order valence-corrected chi connectivity index (χ0v) is 13.0. The predicted molar refractivity (Wildman–Crippen MR) is 91.0 cm³/mol. The van der Waals surface area contributed by atoms with Crippen LogP contribution in [0.3, 0.4) is 0 Å². The Morgan fingerprint density at radius 1 is 1.17 bits per heavy atom. The van der Waals surface area contributed by atoms with E-state index in [4.69, 9.17) is 0 Å². The number of aromatic amines is 1. The maximum atomic E-state index is 13.0. The number of benzene rings is 2. The fourth-order valence-electron chi connectivity index (χ4n) is 3.03. The molecule has 0 unspecified atom stereocenters. The number of nitrogens with one attached hydrogen (secondary N) is 1. The lowest BCUT2D eigenvalue weighted by atomic mass is 9.99. The SMILES string of the molecule is O=C(c1ccc2nc[nH]c2c1)N1CC=C(c2ccc(F)cc2)CC1. The number of carbonyl (C=O) groups is 1. The van der Waals surface area contributed by atoms with Gasteiger partial charge in [-0.05, 0) is 47.9 Å². The summed E-state index contributed by atoms with van der Waals surface area (Å²) < 4.78 is 13.0. The first-order chi connectivity index (χ1) is 11.7. The summed E-state index contributed by atoms with van der Waals surface area (Å²) >= 11 is 0. The average Bonchev–Trinajstić information content (AvgIpc) is 3.09. The normalized spacial score (nSPS) is 14.7. The van der Waals surface area contributed by atoms with Gasteiger partial charge in [0.2, 0.25) is 0 Å². The Labute approximate surface area is 138 Å². The zero-order chi connectivity index (χ0) is 16.5. The monoisotopic (exact) mass is 321 g/mol. The second-order valence-electron chi connectivity index (χ2n) is 5.87. The highest BCUT2D eigenvalue weighted by Gasteiger charge is 2.19. The molecule has 0 spiro atoms. The van der Waals surface area contributed by atoms with Gasteiger partial charge in [-0.1, -0.05) is 18.2 Å². The summed E-state index contributed by atoms with van der Waals surface area (Å²) in [5.74, 6) is -0.220. The van der Waals surface area contributed by atoms with Gasteiger partial charge in [-0.15, -0.1) is 0 Å². The van der Waals surface area contributed by atoms with Gasteiger partial charge in [0, 0.05) is 18.7 Å². The van der Waals surface area contributed by atoms with Crippen molar-refractivity contribution in [3.05, 3.63) is 71.8 Å². The molecule has 0 saturated carbocycles. The summed E-state index contributed by atoms with van der Waals surface area (Å²) in [4.78, 5) is 21.7. The van der Waals surface area contributed by atoms with E-state index in [0.29, 0.717) is 18.7 Å². The molecule has 0 fully saturated rings. The predicted octanol–water partition coefficient (Wildman–Crippen LogP) is 3.63. The number of nitrogens with zero attached hydrogens (tertiary/aromatic N) is 2. The molecule has 1 N–H and O–H groups in total. The third kappa shape index (κ3) is 2.69. The van der Waals surface area contributed by atoms with Gasteiger partial charge in [0.25, 0.3) is 5.91 Å². The maximum Gasteiger partial charge on any atom is 0.254 e. The minimum Gasteiger partial charge on any atom is -0.345 e. The summed E-state index contributed by atoms with van der Waals surface area (Å²) in [7, 11) is 0. The first-order valence-electron chi connectivity index (χ1n) is 7.88. The molecule has 1 aliphatic heterocycles. The van der Waals surface area contributed by atoms with E-state index in [9.17, 15) is 9.18 Å². The van der Waals surface area contributed by atoms with Crippen LogP contribution in [-0.2, 0) is 0 Å². The molecule has 0 atom stereocenters. The van der Waals surface area contributed by atoms with Crippen LogP contribution in [0.2, 0.25) is 0 Å². The number of amides is 1. The number of carbonyl (C=O) groups excluding carboxylic acids is 1. The van der Waals surface area contributed by atoms with Gasteiger partial charge in [-0.25, -0.2) is 9.37 Å². The molecule has 1 amide bonds. The Morgan fingerprint density at radius 2 is 2.00 bits per heavy atom. The maximum absolute atomic E-state index is 13.0. The van der Waals surface area contributed by atoms with Crippen LogP contribution in [0.1, 0.15) is 22.3 Å². The van der Waals surface area contributed by atoms with Crippen LogP contribution in [0.25, 0.3) is 16.6 Å². The van der Waals surface area contributed by atoms with Gasteiger partial charge in [0.1, 0.15) is 5.82 Å². The number of hydrogen-bond donors (Lipinski definition) is 1. The van der Waals surface area contributed by atoms with Crippen molar-refractivity contribution in [3.63, 3.8) is 0 Å². The summed E-state index contributed by atoms with van der Waals surface area (Å²) in [6.07, 6.45) is 4.44. The highest BCUT2D eigenvalue weighted by Crippen LogP contribution is 2.24. The third-order valence-electron chi connectivity index (χ3n) is 4.38. The van der Waals surface area contributed by atoms with Crippen molar-refractivity contribution in [1.29, 1.82) is 0 Å². The summed E-state index contributed by atoms with van der Waals surface area (Å²) in [6, 6.07) is 12.0. The summed E-state index contributed by atoms with van der Waals surface area (Å²) in [6.45, 7) is 1.22. The van der Waals surface area contributed by atoms with Crippen LogP contribution in [0.4, 0.5) is 4.39 Å². The van der Waals surface area contributed by atoms with E-state index in [0.717, 1.165) is 28.6 Å². The van der Waals surface area contributed by atoms with Gasteiger partial charge in [-0.2, -0.15) is 0 Å². The average molecular weight is 321 g/mol. The van der Waals surface area contributed by atoms with E-state index in [1.165, 1.54) is 12.1 Å². The number of imidazole rings is 1. The van der Waals surface area contributed by atoms with Crippen LogP contribution in [0.5, 0.6) is 0 Å². The van der Waals surface area contributed by atoms with Gasteiger partial charge in [0.15, 0.2) is 0 Å². The number of hydrogen-bond acceptors (Lipinski definition) is 2. The largest absolute Gasteiger partial charge is 0.345 e. The molecule has 1 aromatic heterocycles. The van der Waals surface area contributed by atoms with E-state index < -0.39 is 0 Å². The number of H-pyrrole nitrogens is 1. The molecule has 2 heterocycles. The Balaban J connectivity index is 1.51. The minimum atomic E-state index is -0.235. The Morgan fingerprint density at radius 3 is 2.75 bits per heavy atom. The molecule has 0 radical (unpaired) electrons. The topological polar surface area (TPSA) is 49.0 Å². The van der Waals surface area contributed by atoms with E-state index in [1.54, 1.807) is 18.5 Å². The third-order valence-corrected chi connectivity index (χ3v) is 4.38. The van der Waals surface area contributed by atoms with E-state index >= 15 is 0 Å². The van der Waals surface area contributed by atoms with Crippen LogP contribution in [0.15, 0.2) is 54.9 Å².